The molecule has 1 atom stereocenters. The lowest BCUT2D eigenvalue weighted by molar-refractivity contribution is -0.143. The standard InChI is InChI=1S/C12H15N3O2/c1-8(11(16)17-3)15-10-7-5-4-6-9(10)14-12(15)13-2/h4-8H,1-3H3,(H,13,14). The number of para-hydroxylation sites is 2. The van der Waals surface area contributed by atoms with Crippen molar-refractivity contribution in [3.05, 3.63) is 24.3 Å². The Kier molecular flexibility index (Phi) is 2.99. The van der Waals surface area contributed by atoms with E-state index in [1.54, 1.807) is 14.0 Å². The molecule has 17 heavy (non-hydrogen) atoms. The minimum absolute atomic E-state index is 0.287. The fraction of sp³-hybridized carbons (Fsp3) is 0.333. The van der Waals surface area contributed by atoms with Crippen molar-refractivity contribution in [2.45, 2.75) is 13.0 Å². The summed E-state index contributed by atoms with van der Waals surface area (Å²) < 4.78 is 6.60. The Morgan fingerprint density at radius 2 is 2.18 bits per heavy atom. The normalized spacial score (nSPS) is 12.4. The molecule has 1 N–H and O–H groups in total. The first-order valence-corrected chi connectivity index (χ1v) is 5.41. The molecule has 0 spiro atoms. The van der Waals surface area contributed by atoms with Crippen molar-refractivity contribution in [1.29, 1.82) is 0 Å². The summed E-state index contributed by atoms with van der Waals surface area (Å²) in [5, 5.41) is 2.99. The van der Waals surface area contributed by atoms with E-state index in [0.29, 0.717) is 5.95 Å². The Morgan fingerprint density at radius 1 is 1.47 bits per heavy atom. The maximum absolute atomic E-state index is 11.6. The first-order chi connectivity index (χ1) is 8.19. The van der Waals surface area contributed by atoms with Gasteiger partial charge in [-0.05, 0) is 19.1 Å². The number of rotatable bonds is 3. The van der Waals surface area contributed by atoms with Gasteiger partial charge in [-0.1, -0.05) is 12.1 Å². The van der Waals surface area contributed by atoms with Gasteiger partial charge in [-0.2, -0.15) is 0 Å². The van der Waals surface area contributed by atoms with Crippen LogP contribution in [-0.4, -0.2) is 29.7 Å². The van der Waals surface area contributed by atoms with E-state index in [0.717, 1.165) is 11.0 Å². The molecule has 0 aliphatic heterocycles. The predicted molar refractivity (Wildman–Crippen MR) is 66.0 cm³/mol. The summed E-state index contributed by atoms with van der Waals surface area (Å²) >= 11 is 0. The molecule has 0 saturated carbocycles. The largest absolute Gasteiger partial charge is 0.467 e. The number of carbonyl (C=O) groups is 1. The van der Waals surface area contributed by atoms with Gasteiger partial charge in [0.15, 0.2) is 0 Å². The highest BCUT2D eigenvalue weighted by molar-refractivity contribution is 5.83. The average Bonchev–Trinajstić information content (AvgIpc) is 2.75. The van der Waals surface area contributed by atoms with Gasteiger partial charge in [0.1, 0.15) is 6.04 Å². The van der Waals surface area contributed by atoms with Crippen LogP contribution >= 0.6 is 0 Å². The number of fused-ring (bicyclic) bond motifs is 1. The molecule has 1 aromatic heterocycles. The van der Waals surface area contributed by atoms with E-state index in [1.165, 1.54) is 7.11 Å². The van der Waals surface area contributed by atoms with E-state index in [-0.39, 0.29) is 5.97 Å². The summed E-state index contributed by atoms with van der Waals surface area (Å²) in [6, 6.07) is 7.28. The molecule has 90 valence electrons. The van der Waals surface area contributed by atoms with E-state index in [4.69, 9.17) is 4.74 Å². The molecule has 2 aromatic rings. The lowest BCUT2D eigenvalue weighted by Gasteiger charge is -2.14. The van der Waals surface area contributed by atoms with Gasteiger partial charge in [0, 0.05) is 7.05 Å². The third-order valence-electron chi connectivity index (χ3n) is 2.75. The van der Waals surface area contributed by atoms with Gasteiger partial charge in [-0.25, -0.2) is 9.78 Å². The fourth-order valence-corrected chi connectivity index (χ4v) is 1.89. The highest BCUT2D eigenvalue weighted by Gasteiger charge is 2.21. The zero-order valence-corrected chi connectivity index (χ0v) is 10.1. The van der Waals surface area contributed by atoms with Crippen molar-refractivity contribution in [3.63, 3.8) is 0 Å². The Hall–Kier alpha value is -2.04. The van der Waals surface area contributed by atoms with E-state index in [1.807, 2.05) is 28.8 Å². The molecule has 0 aliphatic rings. The smallest absolute Gasteiger partial charge is 0.328 e. The number of hydrogen-bond acceptors (Lipinski definition) is 4. The van der Waals surface area contributed by atoms with Gasteiger partial charge in [0.25, 0.3) is 0 Å². The quantitative estimate of drug-likeness (QED) is 0.821. The Bertz CT molecular complexity index is 548. The maximum Gasteiger partial charge on any atom is 0.328 e. The minimum atomic E-state index is -0.408. The molecule has 0 aliphatic carbocycles. The second-order valence-electron chi connectivity index (χ2n) is 3.74. The summed E-state index contributed by atoms with van der Waals surface area (Å²) in [7, 11) is 3.17. The van der Waals surface area contributed by atoms with E-state index in [2.05, 4.69) is 10.3 Å². The van der Waals surface area contributed by atoms with Gasteiger partial charge in [-0.3, -0.25) is 4.57 Å². The molecule has 1 heterocycles. The van der Waals surface area contributed by atoms with Gasteiger partial charge >= 0.3 is 5.97 Å². The van der Waals surface area contributed by atoms with Crippen molar-refractivity contribution < 1.29 is 9.53 Å². The van der Waals surface area contributed by atoms with Crippen LogP contribution in [0.5, 0.6) is 0 Å². The number of ether oxygens (including phenoxy) is 1. The number of imidazole rings is 1. The molecular formula is C12H15N3O2. The van der Waals surface area contributed by atoms with Crippen LogP contribution in [0.3, 0.4) is 0 Å². The summed E-state index contributed by atoms with van der Waals surface area (Å²) in [6.07, 6.45) is 0. The number of hydrogen-bond donors (Lipinski definition) is 1. The second kappa shape index (κ2) is 4.45. The lowest BCUT2D eigenvalue weighted by atomic mass is 10.3. The van der Waals surface area contributed by atoms with Crippen LogP contribution in [-0.2, 0) is 9.53 Å². The summed E-state index contributed by atoms with van der Waals surface area (Å²) in [5.74, 6) is 0.369. The molecule has 5 heteroatoms. The van der Waals surface area contributed by atoms with Crippen molar-refractivity contribution >= 4 is 23.0 Å². The third-order valence-corrected chi connectivity index (χ3v) is 2.75. The van der Waals surface area contributed by atoms with Crippen molar-refractivity contribution in [2.24, 2.45) is 0 Å². The topological polar surface area (TPSA) is 56.2 Å². The number of carbonyl (C=O) groups excluding carboxylic acids is 1. The number of methoxy groups -OCH3 is 1. The summed E-state index contributed by atoms with van der Waals surface area (Å²) in [5.41, 5.74) is 1.77. The predicted octanol–water partition coefficient (Wildman–Crippen LogP) is 1.81. The number of nitrogens with zero attached hydrogens (tertiary/aromatic N) is 2. The van der Waals surface area contributed by atoms with Crippen LogP contribution in [0.15, 0.2) is 24.3 Å². The van der Waals surface area contributed by atoms with Crippen LogP contribution in [0.1, 0.15) is 13.0 Å². The molecule has 0 saturated heterocycles. The van der Waals surface area contributed by atoms with Crippen molar-refractivity contribution in [1.82, 2.24) is 9.55 Å². The molecule has 2 rings (SSSR count). The van der Waals surface area contributed by atoms with Gasteiger partial charge < -0.3 is 10.1 Å². The molecule has 5 nitrogen and oxygen atoms in total. The molecule has 0 amide bonds. The number of nitrogens with one attached hydrogen (secondary N) is 1. The van der Waals surface area contributed by atoms with Crippen LogP contribution in [0, 0.1) is 0 Å². The SMILES string of the molecule is CNc1nc2ccccc2n1C(C)C(=O)OC. The molecule has 0 radical (unpaired) electrons. The highest BCUT2D eigenvalue weighted by Crippen LogP contribution is 2.24. The molecule has 0 bridgehead atoms. The zero-order valence-electron chi connectivity index (χ0n) is 10.1. The van der Waals surface area contributed by atoms with Gasteiger partial charge in [-0.15, -0.1) is 0 Å². The van der Waals surface area contributed by atoms with Gasteiger partial charge in [0.05, 0.1) is 18.1 Å². The zero-order chi connectivity index (χ0) is 12.4. The highest BCUT2D eigenvalue weighted by atomic mass is 16.5. The number of benzene rings is 1. The number of anilines is 1. The van der Waals surface area contributed by atoms with Crippen LogP contribution in [0.2, 0.25) is 0 Å². The van der Waals surface area contributed by atoms with Crippen molar-refractivity contribution in [3.8, 4) is 0 Å². The molecule has 0 fully saturated rings. The number of esters is 1. The third kappa shape index (κ3) is 1.84. The minimum Gasteiger partial charge on any atom is -0.467 e. The van der Waals surface area contributed by atoms with Crippen LogP contribution in [0.4, 0.5) is 5.95 Å². The molecular weight excluding hydrogens is 218 g/mol. The fourth-order valence-electron chi connectivity index (χ4n) is 1.89. The Balaban J connectivity index is 2.61. The van der Waals surface area contributed by atoms with E-state index in [9.17, 15) is 4.79 Å². The van der Waals surface area contributed by atoms with E-state index >= 15 is 0 Å². The Labute approximate surface area is 99.4 Å². The average molecular weight is 233 g/mol. The lowest BCUT2D eigenvalue weighted by Crippen LogP contribution is -2.19. The van der Waals surface area contributed by atoms with Crippen molar-refractivity contribution in [2.75, 3.05) is 19.5 Å². The molecule has 1 unspecified atom stereocenters. The summed E-state index contributed by atoms with van der Waals surface area (Å²) in [6.45, 7) is 1.79. The maximum atomic E-state index is 11.6. The number of aromatic nitrogens is 2. The van der Waals surface area contributed by atoms with Crippen LogP contribution < -0.4 is 5.32 Å². The first-order valence-electron chi connectivity index (χ1n) is 5.41. The summed E-state index contributed by atoms with van der Waals surface area (Å²) in [4.78, 5) is 16.0. The first kappa shape index (κ1) is 11.4. The monoisotopic (exact) mass is 233 g/mol. The van der Waals surface area contributed by atoms with Gasteiger partial charge in [0.2, 0.25) is 5.95 Å². The molecule has 1 aromatic carbocycles. The second-order valence-corrected chi connectivity index (χ2v) is 3.74. The Morgan fingerprint density at radius 3 is 2.82 bits per heavy atom. The van der Waals surface area contributed by atoms with E-state index < -0.39 is 6.04 Å². The van der Waals surface area contributed by atoms with Crippen LogP contribution in [0.25, 0.3) is 11.0 Å².